The molecule has 5 rings (SSSR count). The van der Waals surface area contributed by atoms with Crippen LogP contribution >= 0.6 is 0 Å². The molecule has 31 heavy (non-hydrogen) atoms. The summed E-state index contributed by atoms with van der Waals surface area (Å²) in [5.74, 6) is 1.85. The summed E-state index contributed by atoms with van der Waals surface area (Å²) in [4.78, 5) is 26.0. The lowest BCUT2D eigenvalue weighted by atomic mass is 10.1. The molecule has 0 atom stereocenters. The summed E-state index contributed by atoms with van der Waals surface area (Å²) in [6.07, 6.45) is 3.56. The number of fused-ring (bicyclic) bond motifs is 3. The summed E-state index contributed by atoms with van der Waals surface area (Å²) in [5, 5.41) is 8.32. The van der Waals surface area contributed by atoms with Gasteiger partial charge < -0.3 is 5.32 Å². The minimum atomic E-state index is -0.289. The first-order valence-electron chi connectivity index (χ1n) is 10.3. The normalized spacial score (nSPS) is 16.8. The molecule has 0 saturated carbocycles. The quantitative estimate of drug-likeness (QED) is 0.706. The van der Waals surface area contributed by atoms with Crippen molar-refractivity contribution in [3.63, 3.8) is 0 Å². The molecule has 3 aromatic rings. The minimum Gasteiger partial charge on any atom is -0.340 e. The lowest BCUT2D eigenvalue weighted by molar-refractivity contribution is 0.0866. The number of rotatable bonds is 4. The van der Waals surface area contributed by atoms with Gasteiger partial charge in [0.25, 0.3) is 5.91 Å². The van der Waals surface area contributed by atoms with E-state index in [4.69, 9.17) is 10.1 Å². The predicted molar refractivity (Wildman–Crippen MR) is 121 cm³/mol. The Bertz CT molecular complexity index is 1180. The van der Waals surface area contributed by atoms with Crippen molar-refractivity contribution in [2.75, 3.05) is 23.8 Å². The highest BCUT2D eigenvalue weighted by Gasteiger charge is 2.45. The molecule has 0 bridgehead atoms. The van der Waals surface area contributed by atoms with E-state index in [1.54, 1.807) is 18.1 Å². The van der Waals surface area contributed by atoms with Gasteiger partial charge in [-0.25, -0.2) is 9.67 Å². The van der Waals surface area contributed by atoms with E-state index in [0.717, 1.165) is 11.3 Å². The molecule has 0 unspecified atom stereocenters. The molecule has 8 nitrogen and oxygen atoms in total. The van der Waals surface area contributed by atoms with Gasteiger partial charge in [-0.15, -0.1) is 0 Å². The van der Waals surface area contributed by atoms with Crippen LogP contribution in [0.15, 0.2) is 53.8 Å². The van der Waals surface area contributed by atoms with Crippen LogP contribution in [0.3, 0.4) is 0 Å². The van der Waals surface area contributed by atoms with E-state index in [1.165, 1.54) is 5.56 Å². The van der Waals surface area contributed by atoms with Crippen LogP contribution in [-0.4, -0.2) is 50.7 Å². The second-order valence-corrected chi connectivity index (χ2v) is 8.73. The number of benzene rings is 1. The molecule has 0 aliphatic carbocycles. The number of anilines is 3. The lowest BCUT2D eigenvalue weighted by Gasteiger charge is -2.30. The average molecular weight is 416 g/mol. The van der Waals surface area contributed by atoms with Gasteiger partial charge >= 0.3 is 0 Å². The van der Waals surface area contributed by atoms with E-state index in [0.29, 0.717) is 36.2 Å². The van der Waals surface area contributed by atoms with Gasteiger partial charge in [0, 0.05) is 25.1 Å². The summed E-state index contributed by atoms with van der Waals surface area (Å²) in [5.41, 5.74) is 3.35. The minimum absolute atomic E-state index is 0.116. The molecule has 0 fully saturated rings. The van der Waals surface area contributed by atoms with E-state index in [9.17, 15) is 4.79 Å². The Kier molecular flexibility index (Phi) is 4.32. The Morgan fingerprint density at radius 2 is 1.94 bits per heavy atom. The Morgan fingerprint density at radius 1 is 1.16 bits per heavy atom. The number of nitrogens with zero attached hydrogens (tertiary/aromatic N) is 6. The topological polar surface area (TPSA) is 78.7 Å². The first-order valence-corrected chi connectivity index (χ1v) is 10.3. The predicted octanol–water partition coefficient (Wildman–Crippen LogP) is 3.42. The van der Waals surface area contributed by atoms with Gasteiger partial charge in [-0.2, -0.15) is 5.10 Å². The lowest BCUT2D eigenvalue weighted by Crippen LogP contribution is -2.48. The Hall–Kier alpha value is -3.68. The maximum Gasteiger partial charge on any atom is 0.267 e. The van der Waals surface area contributed by atoms with Crippen molar-refractivity contribution >= 4 is 29.2 Å². The largest absolute Gasteiger partial charge is 0.340 e. The molecule has 0 saturated heterocycles. The molecular weight excluding hydrogens is 390 g/mol. The van der Waals surface area contributed by atoms with Crippen LogP contribution in [0, 0.1) is 6.92 Å². The number of hydrogen-bond acceptors (Lipinski definition) is 6. The fourth-order valence-corrected chi connectivity index (χ4v) is 4.02. The maximum absolute atomic E-state index is 13.4. The molecule has 1 aromatic carbocycles. The summed E-state index contributed by atoms with van der Waals surface area (Å²) < 4.78 is 1.85. The van der Waals surface area contributed by atoms with Crippen molar-refractivity contribution in [2.24, 2.45) is 4.99 Å². The van der Waals surface area contributed by atoms with Crippen LogP contribution in [0.1, 0.15) is 35.3 Å². The van der Waals surface area contributed by atoms with Crippen molar-refractivity contribution < 1.29 is 4.79 Å². The zero-order valence-corrected chi connectivity index (χ0v) is 18.1. The van der Waals surface area contributed by atoms with Crippen molar-refractivity contribution in [3.8, 4) is 0 Å². The molecule has 2 aromatic heterocycles. The zero-order valence-electron chi connectivity index (χ0n) is 18.1. The van der Waals surface area contributed by atoms with E-state index in [1.807, 2.05) is 59.1 Å². The Morgan fingerprint density at radius 3 is 2.65 bits per heavy atom. The van der Waals surface area contributed by atoms with Crippen LogP contribution in [0.4, 0.5) is 17.3 Å². The molecule has 2 aliphatic rings. The maximum atomic E-state index is 13.4. The molecular formula is C23H25N7O. The van der Waals surface area contributed by atoms with Gasteiger partial charge in [-0.1, -0.05) is 23.8 Å². The summed E-state index contributed by atoms with van der Waals surface area (Å²) in [6, 6.07) is 12.0. The fraction of sp³-hybridized carbons (Fsp3) is 0.304. The third-order valence-corrected chi connectivity index (χ3v) is 5.57. The number of aromatic nitrogens is 3. The van der Waals surface area contributed by atoms with Gasteiger partial charge in [0.2, 0.25) is 5.96 Å². The van der Waals surface area contributed by atoms with Crippen LogP contribution in [-0.2, 0) is 6.54 Å². The number of aliphatic imine (C=N–C) groups is 1. The molecule has 1 amide bonds. The van der Waals surface area contributed by atoms with Crippen LogP contribution in [0.2, 0.25) is 0 Å². The number of carbonyl (C=O) groups excluding carboxylic acids is 1. The molecule has 0 radical (unpaired) electrons. The number of guanidine groups is 1. The van der Waals surface area contributed by atoms with Gasteiger partial charge in [0.15, 0.2) is 5.82 Å². The summed E-state index contributed by atoms with van der Waals surface area (Å²) in [7, 11) is 1.77. The van der Waals surface area contributed by atoms with E-state index in [2.05, 4.69) is 24.1 Å². The number of pyridine rings is 1. The number of hydrogen-bond donors (Lipinski definition) is 1. The third-order valence-electron chi connectivity index (χ3n) is 5.57. The number of aryl methyl sites for hydroxylation is 1. The van der Waals surface area contributed by atoms with Crippen LogP contribution in [0.25, 0.3) is 0 Å². The highest BCUT2D eigenvalue weighted by Crippen LogP contribution is 2.38. The van der Waals surface area contributed by atoms with Crippen molar-refractivity contribution in [3.05, 3.63) is 65.5 Å². The van der Waals surface area contributed by atoms with Gasteiger partial charge in [-0.05, 0) is 44.5 Å². The summed E-state index contributed by atoms with van der Waals surface area (Å²) >= 11 is 0. The Balaban J connectivity index is 1.64. The molecule has 0 spiro atoms. The van der Waals surface area contributed by atoms with Crippen LogP contribution < -0.4 is 10.2 Å². The molecule has 4 heterocycles. The monoisotopic (exact) mass is 415 g/mol. The molecule has 158 valence electrons. The van der Waals surface area contributed by atoms with Gasteiger partial charge in [-0.3, -0.25) is 19.6 Å². The highest BCUT2D eigenvalue weighted by atomic mass is 16.2. The first kappa shape index (κ1) is 19.3. The molecule has 8 heteroatoms. The second kappa shape index (κ2) is 6.94. The number of nitrogens with one attached hydrogen (secondary N) is 1. The molecule has 1 N–H and O–H groups in total. The number of carbonyl (C=O) groups is 1. The zero-order chi connectivity index (χ0) is 21.8. The SMILES string of the molecule is Cc1ccc(Nc2c3c(nn2Cc2cccnc2)N2CC(C)(C)N=C2N(C)C3=O)cc1. The second-order valence-electron chi connectivity index (χ2n) is 8.73. The number of amides is 1. The van der Waals surface area contributed by atoms with Gasteiger partial charge in [0.05, 0.1) is 18.6 Å². The van der Waals surface area contributed by atoms with E-state index >= 15 is 0 Å². The van der Waals surface area contributed by atoms with Crippen molar-refractivity contribution in [1.82, 2.24) is 19.7 Å². The fourth-order valence-electron chi connectivity index (χ4n) is 4.02. The van der Waals surface area contributed by atoms with Crippen molar-refractivity contribution in [2.45, 2.75) is 32.9 Å². The van der Waals surface area contributed by atoms with E-state index in [-0.39, 0.29) is 11.4 Å². The summed E-state index contributed by atoms with van der Waals surface area (Å²) in [6.45, 7) is 7.34. The standard InChI is InChI=1S/C23H25N7O/c1-15-7-9-17(10-8-15)25-19-18-20(27-30(19)13-16-6-5-11-24-12-16)29-14-23(2,3)26-22(29)28(4)21(18)31/h5-12,25H,13-14H2,1-4H3. The molecule has 2 aliphatic heterocycles. The highest BCUT2D eigenvalue weighted by molar-refractivity contribution is 6.20. The van der Waals surface area contributed by atoms with Crippen molar-refractivity contribution in [1.29, 1.82) is 0 Å². The first-order chi connectivity index (χ1) is 14.8. The third kappa shape index (κ3) is 3.34. The van der Waals surface area contributed by atoms with Crippen LogP contribution in [0.5, 0.6) is 0 Å². The van der Waals surface area contributed by atoms with E-state index < -0.39 is 0 Å². The Labute approximate surface area is 181 Å². The van der Waals surface area contributed by atoms with Gasteiger partial charge in [0.1, 0.15) is 11.4 Å². The average Bonchev–Trinajstić information content (AvgIpc) is 3.26. The smallest absolute Gasteiger partial charge is 0.267 e.